The van der Waals surface area contributed by atoms with Gasteiger partial charge in [-0.1, -0.05) is 6.92 Å². The average Bonchev–Trinajstić information content (AvgIpc) is 2.86. The molecule has 16 heavy (non-hydrogen) atoms. The van der Waals surface area contributed by atoms with Gasteiger partial charge < -0.3 is 9.52 Å². The lowest BCUT2D eigenvalue weighted by molar-refractivity contribution is 0.177. The molecule has 0 fully saturated rings. The summed E-state index contributed by atoms with van der Waals surface area (Å²) >= 11 is 1.77. The molecule has 86 valence electrons. The summed E-state index contributed by atoms with van der Waals surface area (Å²) in [4.78, 5) is 2.59. The van der Waals surface area contributed by atoms with Crippen LogP contribution in [0.5, 0.6) is 0 Å². The van der Waals surface area contributed by atoms with Gasteiger partial charge in [-0.15, -0.1) is 11.3 Å². The van der Waals surface area contributed by atoms with Crippen LogP contribution in [0.25, 0.3) is 0 Å². The fourth-order valence-corrected chi connectivity index (χ4v) is 2.76. The van der Waals surface area contributed by atoms with E-state index in [0.29, 0.717) is 6.42 Å². The van der Waals surface area contributed by atoms with Gasteiger partial charge in [0.05, 0.1) is 12.4 Å². The third kappa shape index (κ3) is 2.36. The van der Waals surface area contributed by atoms with E-state index >= 15 is 0 Å². The standard InChI is InChI=1S/C13H16O2S/c1-3-10-4-5-11(16-10)8-13(14)12-6-7-15-9(12)2/h4-7,13-14H,3,8H2,1-2H3. The van der Waals surface area contributed by atoms with Crippen LogP contribution in [0.3, 0.4) is 0 Å². The number of furan rings is 1. The zero-order valence-electron chi connectivity index (χ0n) is 9.56. The lowest BCUT2D eigenvalue weighted by Crippen LogP contribution is -2.00. The largest absolute Gasteiger partial charge is 0.469 e. The van der Waals surface area contributed by atoms with Crippen molar-refractivity contribution in [3.63, 3.8) is 0 Å². The van der Waals surface area contributed by atoms with Crippen molar-refractivity contribution in [2.24, 2.45) is 0 Å². The Morgan fingerprint density at radius 3 is 2.62 bits per heavy atom. The molecule has 0 aliphatic carbocycles. The van der Waals surface area contributed by atoms with Gasteiger partial charge >= 0.3 is 0 Å². The molecule has 0 aliphatic heterocycles. The minimum Gasteiger partial charge on any atom is -0.469 e. The first-order valence-corrected chi connectivity index (χ1v) is 6.32. The maximum absolute atomic E-state index is 10.1. The second kappa shape index (κ2) is 4.85. The van der Waals surface area contributed by atoms with Crippen LogP contribution >= 0.6 is 11.3 Å². The van der Waals surface area contributed by atoms with Crippen molar-refractivity contribution in [1.82, 2.24) is 0 Å². The number of aliphatic hydroxyl groups is 1. The van der Waals surface area contributed by atoms with Crippen molar-refractivity contribution in [2.45, 2.75) is 32.8 Å². The van der Waals surface area contributed by atoms with E-state index in [1.165, 1.54) is 9.75 Å². The molecule has 0 amide bonds. The molecule has 0 bridgehead atoms. The fraction of sp³-hybridized carbons (Fsp3) is 0.385. The summed E-state index contributed by atoms with van der Waals surface area (Å²) in [7, 11) is 0. The zero-order chi connectivity index (χ0) is 11.5. The van der Waals surface area contributed by atoms with Crippen LogP contribution in [0.4, 0.5) is 0 Å². The molecule has 1 N–H and O–H groups in total. The minimum atomic E-state index is -0.456. The summed E-state index contributed by atoms with van der Waals surface area (Å²) in [6.45, 7) is 4.02. The predicted molar refractivity (Wildman–Crippen MR) is 65.8 cm³/mol. The molecule has 2 aromatic rings. The maximum Gasteiger partial charge on any atom is 0.106 e. The molecule has 0 spiro atoms. The highest BCUT2D eigenvalue weighted by Crippen LogP contribution is 2.26. The van der Waals surface area contributed by atoms with E-state index in [2.05, 4.69) is 19.1 Å². The van der Waals surface area contributed by atoms with Crippen LogP contribution in [-0.2, 0) is 12.8 Å². The van der Waals surface area contributed by atoms with Crippen LogP contribution in [0.2, 0.25) is 0 Å². The lowest BCUT2D eigenvalue weighted by Gasteiger charge is -2.07. The molecule has 2 rings (SSSR count). The van der Waals surface area contributed by atoms with E-state index in [-0.39, 0.29) is 0 Å². The molecular weight excluding hydrogens is 220 g/mol. The Kier molecular flexibility index (Phi) is 3.46. The second-order valence-electron chi connectivity index (χ2n) is 3.87. The van der Waals surface area contributed by atoms with Gasteiger partial charge in [0, 0.05) is 21.7 Å². The molecule has 2 nitrogen and oxygen atoms in total. The van der Waals surface area contributed by atoms with Crippen molar-refractivity contribution in [3.05, 3.63) is 45.5 Å². The Hall–Kier alpha value is -1.06. The maximum atomic E-state index is 10.1. The quantitative estimate of drug-likeness (QED) is 0.881. The van der Waals surface area contributed by atoms with Crippen molar-refractivity contribution >= 4 is 11.3 Å². The molecule has 0 saturated heterocycles. The van der Waals surface area contributed by atoms with E-state index in [9.17, 15) is 5.11 Å². The number of rotatable bonds is 4. The van der Waals surface area contributed by atoms with E-state index in [1.807, 2.05) is 13.0 Å². The topological polar surface area (TPSA) is 33.4 Å². The number of hydrogen-bond acceptors (Lipinski definition) is 3. The van der Waals surface area contributed by atoms with Crippen molar-refractivity contribution in [1.29, 1.82) is 0 Å². The third-order valence-corrected chi connectivity index (χ3v) is 3.97. The Morgan fingerprint density at radius 1 is 1.31 bits per heavy atom. The Bertz CT molecular complexity index is 456. The predicted octanol–water partition coefficient (Wildman–Crippen LogP) is 3.49. The van der Waals surface area contributed by atoms with E-state index in [1.54, 1.807) is 17.6 Å². The van der Waals surface area contributed by atoms with Crippen LogP contribution < -0.4 is 0 Å². The van der Waals surface area contributed by atoms with E-state index < -0.39 is 6.10 Å². The summed E-state index contributed by atoms with van der Waals surface area (Å²) in [6, 6.07) is 6.07. The molecular formula is C13H16O2S. The minimum absolute atomic E-state index is 0.456. The molecule has 2 heterocycles. The number of thiophene rings is 1. The molecule has 0 radical (unpaired) electrons. The highest BCUT2D eigenvalue weighted by molar-refractivity contribution is 7.11. The molecule has 1 atom stereocenters. The van der Waals surface area contributed by atoms with Gasteiger partial charge in [0.1, 0.15) is 5.76 Å². The Morgan fingerprint density at radius 2 is 2.06 bits per heavy atom. The number of aliphatic hydroxyl groups excluding tert-OH is 1. The monoisotopic (exact) mass is 236 g/mol. The van der Waals surface area contributed by atoms with Crippen molar-refractivity contribution < 1.29 is 9.52 Å². The summed E-state index contributed by atoms with van der Waals surface area (Å²) < 4.78 is 5.19. The van der Waals surface area contributed by atoms with Crippen LogP contribution in [0.15, 0.2) is 28.9 Å². The molecule has 0 aromatic carbocycles. The average molecular weight is 236 g/mol. The molecule has 3 heteroatoms. The zero-order valence-corrected chi connectivity index (χ0v) is 10.4. The van der Waals surface area contributed by atoms with Gasteiger partial charge in [0.15, 0.2) is 0 Å². The van der Waals surface area contributed by atoms with Gasteiger partial charge in [-0.2, -0.15) is 0 Å². The first kappa shape index (κ1) is 11.4. The first-order valence-electron chi connectivity index (χ1n) is 5.50. The van der Waals surface area contributed by atoms with Crippen molar-refractivity contribution in [3.8, 4) is 0 Å². The first-order chi connectivity index (χ1) is 7.70. The summed E-state index contributed by atoms with van der Waals surface area (Å²) in [6.07, 6.45) is 2.90. The lowest BCUT2D eigenvalue weighted by atomic mass is 10.1. The number of hydrogen-bond donors (Lipinski definition) is 1. The van der Waals surface area contributed by atoms with Crippen molar-refractivity contribution in [2.75, 3.05) is 0 Å². The van der Waals surface area contributed by atoms with Crippen LogP contribution in [0.1, 0.15) is 34.1 Å². The highest BCUT2D eigenvalue weighted by atomic mass is 32.1. The molecule has 1 unspecified atom stereocenters. The van der Waals surface area contributed by atoms with Gasteiger partial charge in [-0.25, -0.2) is 0 Å². The smallest absolute Gasteiger partial charge is 0.106 e. The summed E-state index contributed by atoms with van der Waals surface area (Å²) in [5.74, 6) is 0.805. The third-order valence-electron chi connectivity index (χ3n) is 2.72. The summed E-state index contributed by atoms with van der Waals surface area (Å²) in [5, 5.41) is 10.1. The SMILES string of the molecule is CCc1ccc(CC(O)c2ccoc2C)s1. The Labute approximate surface area is 99.5 Å². The highest BCUT2D eigenvalue weighted by Gasteiger charge is 2.14. The van der Waals surface area contributed by atoms with Gasteiger partial charge in [-0.05, 0) is 31.5 Å². The molecule has 2 aromatic heterocycles. The van der Waals surface area contributed by atoms with Gasteiger partial charge in [0.2, 0.25) is 0 Å². The number of aryl methyl sites for hydroxylation is 2. The van der Waals surface area contributed by atoms with Crippen LogP contribution in [0, 0.1) is 6.92 Å². The Balaban J connectivity index is 2.07. The van der Waals surface area contributed by atoms with Crippen LogP contribution in [-0.4, -0.2) is 5.11 Å². The molecule has 0 aliphatic rings. The van der Waals surface area contributed by atoms with Gasteiger partial charge in [0.25, 0.3) is 0 Å². The van der Waals surface area contributed by atoms with E-state index in [4.69, 9.17) is 4.42 Å². The van der Waals surface area contributed by atoms with Gasteiger partial charge in [-0.3, -0.25) is 0 Å². The molecule has 0 saturated carbocycles. The second-order valence-corrected chi connectivity index (χ2v) is 5.13. The fourth-order valence-electron chi connectivity index (χ4n) is 1.76. The normalized spacial score (nSPS) is 12.9. The van der Waals surface area contributed by atoms with E-state index in [0.717, 1.165) is 17.7 Å². The summed E-state index contributed by atoms with van der Waals surface area (Å²) in [5.41, 5.74) is 0.895.